The quantitative estimate of drug-likeness (QED) is 0.621. The number of alkyl carbamates (subject to hydrolysis) is 1. The van der Waals surface area contributed by atoms with Crippen molar-refractivity contribution in [2.24, 2.45) is 11.8 Å². The Hall–Kier alpha value is -1.93. The molecular weight excluding hydrogens is 464 g/mol. The number of para-hydroxylation sites is 1. The van der Waals surface area contributed by atoms with E-state index in [2.05, 4.69) is 25.2 Å². The minimum absolute atomic E-state index is 0.0154. The van der Waals surface area contributed by atoms with Crippen molar-refractivity contribution < 1.29 is 23.8 Å². The van der Waals surface area contributed by atoms with E-state index in [1.807, 2.05) is 50.1 Å². The minimum atomic E-state index is -0.612. The highest BCUT2D eigenvalue weighted by molar-refractivity contribution is 7.98. The van der Waals surface area contributed by atoms with Crippen molar-refractivity contribution in [2.45, 2.75) is 83.3 Å². The maximum atomic E-state index is 13.5. The number of carbonyl (C=O) groups excluding carboxylic acids is 2. The normalized spacial score (nSPS) is 28.0. The number of benzene rings is 1. The topological polar surface area (TPSA) is 77.1 Å². The number of fused-ring (bicyclic) bond motifs is 4. The van der Waals surface area contributed by atoms with Crippen molar-refractivity contribution in [3.05, 3.63) is 29.8 Å². The summed E-state index contributed by atoms with van der Waals surface area (Å²) in [6.45, 7) is 11.0. The number of carbonyl (C=O) groups is 2. The highest BCUT2D eigenvalue weighted by Gasteiger charge is 2.51. The Morgan fingerprint density at radius 3 is 2.74 bits per heavy atom. The number of likely N-dealkylation sites (tertiary alicyclic amines) is 1. The number of rotatable bonds is 5. The van der Waals surface area contributed by atoms with E-state index >= 15 is 0 Å². The van der Waals surface area contributed by atoms with Crippen LogP contribution in [0.3, 0.4) is 0 Å². The van der Waals surface area contributed by atoms with Crippen molar-refractivity contribution in [1.29, 1.82) is 0 Å². The van der Waals surface area contributed by atoms with E-state index in [-0.39, 0.29) is 35.6 Å². The van der Waals surface area contributed by atoms with Crippen molar-refractivity contribution in [3.8, 4) is 5.75 Å². The first-order valence-corrected chi connectivity index (χ1v) is 14.1. The zero-order chi connectivity index (χ0) is 25.4. The summed E-state index contributed by atoms with van der Waals surface area (Å²) in [4.78, 5) is 27.9. The Labute approximate surface area is 213 Å². The first-order valence-electron chi connectivity index (χ1n) is 12.7. The van der Waals surface area contributed by atoms with Crippen LogP contribution in [-0.2, 0) is 14.3 Å². The average Bonchev–Trinajstić information content (AvgIpc) is 2.78. The van der Waals surface area contributed by atoms with Gasteiger partial charge in [-0.25, -0.2) is 4.79 Å². The number of piperidine rings is 1. The lowest BCUT2D eigenvalue weighted by Crippen LogP contribution is -2.58. The Morgan fingerprint density at radius 2 is 2.03 bits per heavy atom. The van der Waals surface area contributed by atoms with Gasteiger partial charge in [-0.05, 0) is 72.0 Å². The van der Waals surface area contributed by atoms with Gasteiger partial charge in [-0.15, -0.1) is 0 Å². The molecule has 2 fully saturated rings. The van der Waals surface area contributed by atoms with Crippen LogP contribution in [0.2, 0.25) is 0 Å². The Bertz CT molecular complexity index is 930. The molecule has 0 aliphatic carbocycles. The molecule has 194 valence electrons. The molecule has 5 atom stereocenters. The van der Waals surface area contributed by atoms with Gasteiger partial charge in [0.15, 0.2) is 0 Å². The second kappa shape index (κ2) is 10.2. The van der Waals surface area contributed by atoms with Crippen LogP contribution in [0.25, 0.3) is 0 Å². The molecule has 0 radical (unpaired) electrons. The summed E-state index contributed by atoms with van der Waals surface area (Å²) in [6.07, 6.45) is 3.90. The van der Waals surface area contributed by atoms with Gasteiger partial charge in [0, 0.05) is 30.5 Å². The molecule has 0 unspecified atom stereocenters. The van der Waals surface area contributed by atoms with Crippen LogP contribution in [0.5, 0.6) is 5.75 Å². The largest absolute Gasteiger partial charge is 0.487 e. The van der Waals surface area contributed by atoms with E-state index in [1.54, 1.807) is 11.8 Å². The molecule has 3 aliphatic heterocycles. The number of amides is 2. The number of nitrogens with zero attached hydrogens (tertiary/aromatic N) is 1. The Balaban J connectivity index is 1.45. The van der Waals surface area contributed by atoms with Gasteiger partial charge in [0.25, 0.3) is 0 Å². The summed E-state index contributed by atoms with van der Waals surface area (Å²) >= 11 is 1.66. The fourth-order valence-electron chi connectivity index (χ4n) is 5.62. The maximum absolute atomic E-state index is 13.5. The van der Waals surface area contributed by atoms with Crippen LogP contribution in [0, 0.1) is 11.8 Å². The first kappa shape index (κ1) is 26.1. The molecule has 1 N–H and O–H groups in total. The molecule has 4 rings (SSSR count). The van der Waals surface area contributed by atoms with Gasteiger partial charge < -0.3 is 24.4 Å². The van der Waals surface area contributed by atoms with Crippen molar-refractivity contribution in [1.82, 2.24) is 10.2 Å². The zero-order valence-electron chi connectivity index (χ0n) is 21.8. The highest BCUT2D eigenvalue weighted by atomic mass is 32.2. The second-order valence-electron chi connectivity index (χ2n) is 11.5. The van der Waals surface area contributed by atoms with Crippen LogP contribution in [0.15, 0.2) is 24.3 Å². The standard InChI is InChI=1S/C27H40N2O5S/c1-26(2,3)34-25(31)28-20(12-14-35-6)24(30)29-13-11-21-17(16-29)15-19-23(32-21)18-9-7-8-10-22(18)33-27(19,4)5/h7-10,17,19-21,23H,11-16H2,1-6H3,(H,28,31)/t17-,19+,20-,21+,23-/m1/s1. The van der Waals surface area contributed by atoms with Crippen molar-refractivity contribution in [2.75, 3.05) is 25.1 Å². The summed E-state index contributed by atoms with van der Waals surface area (Å²) in [5.74, 6) is 2.11. The van der Waals surface area contributed by atoms with Gasteiger partial charge >= 0.3 is 6.09 Å². The van der Waals surface area contributed by atoms with Crippen LogP contribution >= 0.6 is 11.8 Å². The minimum Gasteiger partial charge on any atom is -0.487 e. The van der Waals surface area contributed by atoms with E-state index in [4.69, 9.17) is 14.2 Å². The second-order valence-corrected chi connectivity index (χ2v) is 12.5. The van der Waals surface area contributed by atoms with Crippen LogP contribution in [-0.4, -0.2) is 65.3 Å². The van der Waals surface area contributed by atoms with Gasteiger partial charge in [-0.2, -0.15) is 11.8 Å². The summed E-state index contributed by atoms with van der Waals surface area (Å²) in [6, 6.07) is 7.59. The summed E-state index contributed by atoms with van der Waals surface area (Å²) < 4.78 is 18.5. The van der Waals surface area contributed by atoms with Crippen molar-refractivity contribution >= 4 is 23.8 Å². The van der Waals surface area contributed by atoms with Gasteiger partial charge in [-0.3, -0.25) is 4.79 Å². The third-order valence-corrected chi connectivity index (χ3v) is 7.95. The molecule has 1 aromatic rings. The molecule has 7 nitrogen and oxygen atoms in total. The van der Waals surface area contributed by atoms with Gasteiger partial charge in [0.2, 0.25) is 5.91 Å². The molecule has 35 heavy (non-hydrogen) atoms. The van der Waals surface area contributed by atoms with E-state index < -0.39 is 17.7 Å². The third-order valence-electron chi connectivity index (χ3n) is 7.31. The lowest BCUT2D eigenvalue weighted by molar-refractivity contribution is -0.189. The average molecular weight is 505 g/mol. The maximum Gasteiger partial charge on any atom is 0.408 e. The number of thioether (sulfide) groups is 1. The molecular formula is C27H40N2O5S. The SMILES string of the molecule is CSCC[C@@H](NC(=O)OC(C)(C)C)C(=O)N1CC[C@@H]2O[C@@H]3c4ccccc4OC(C)(C)[C@H]3C[C@@H]2C1. The van der Waals surface area contributed by atoms with E-state index in [1.165, 1.54) is 0 Å². The lowest BCUT2D eigenvalue weighted by Gasteiger charge is -2.53. The summed E-state index contributed by atoms with van der Waals surface area (Å²) in [5.41, 5.74) is 0.168. The van der Waals surface area contributed by atoms with E-state index in [0.29, 0.717) is 19.5 Å². The monoisotopic (exact) mass is 504 g/mol. The molecule has 0 saturated carbocycles. The van der Waals surface area contributed by atoms with Crippen LogP contribution in [0.1, 0.15) is 65.5 Å². The molecule has 3 aliphatic rings. The highest BCUT2D eigenvalue weighted by Crippen LogP contribution is 2.52. The van der Waals surface area contributed by atoms with Crippen LogP contribution in [0.4, 0.5) is 4.79 Å². The van der Waals surface area contributed by atoms with Crippen molar-refractivity contribution in [3.63, 3.8) is 0 Å². The smallest absolute Gasteiger partial charge is 0.408 e. The summed E-state index contributed by atoms with van der Waals surface area (Å²) in [7, 11) is 0. The molecule has 0 spiro atoms. The first-order chi connectivity index (χ1) is 16.5. The molecule has 2 saturated heterocycles. The number of nitrogens with one attached hydrogen (secondary N) is 1. The molecule has 8 heteroatoms. The predicted molar refractivity (Wildman–Crippen MR) is 138 cm³/mol. The molecule has 0 bridgehead atoms. The number of hydrogen-bond acceptors (Lipinski definition) is 6. The molecule has 1 aromatic carbocycles. The molecule has 2 amide bonds. The van der Waals surface area contributed by atoms with Gasteiger partial charge in [0.05, 0.1) is 12.2 Å². The lowest BCUT2D eigenvalue weighted by atomic mass is 9.70. The number of hydrogen-bond donors (Lipinski definition) is 1. The Kier molecular flexibility index (Phi) is 7.62. The van der Waals surface area contributed by atoms with Gasteiger partial charge in [0.1, 0.15) is 23.0 Å². The fraction of sp³-hybridized carbons (Fsp3) is 0.704. The third kappa shape index (κ3) is 5.91. The number of ether oxygens (including phenoxy) is 3. The zero-order valence-corrected chi connectivity index (χ0v) is 22.7. The van der Waals surface area contributed by atoms with Crippen LogP contribution < -0.4 is 10.1 Å². The summed E-state index contributed by atoms with van der Waals surface area (Å²) in [5, 5.41) is 2.83. The van der Waals surface area contributed by atoms with E-state index in [0.717, 1.165) is 29.9 Å². The molecule has 3 heterocycles. The molecule has 0 aromatic heterocycles. The van der Waals surface area contributed by atoms with E-state index in [9.17, 15) is 9.59 Å². The Morgan fingerprint density at radius 1 is 1.29 bits per heavy atom. The predicted octanol–water partition coefficient (Wildman–Crippen LogP) is 4.80. The van der Waals surface area contributed by atoms with Gasteiger partial charge in [-0.1, -0.05) is 18.2 Å². The fourth-order valence-corrected chi connectivity index (χ4v) is 6.09.